The molecule has 122 valence electrons. The highest BCUT2D eigenvalue weighted by atomic mass is 32.1. The van der Waals surface area contributed by atoms with E-state index in [0.29, 0.717) is 16.3 Å². The van der Waals surface area contributed by atoms with E-state index in [1.807, 2.05) is 0 Å². The second-order valence-electron chi connectivity index (χ2n) is 5.34. The van der Waals surface area contributed by atoms with Crippen LogP contribution in [0.1, 0.15) is 12.6 Å². The highest BCUT2D eigenvalue weighted by Gasteiger charge is 2.18. The molecule has 1 unspecified atom stereocenters. The maximum Gasteiger partial charge on any atom is 0.308 e. The lowest BCUT2D eigenvalue weighted by molar-refractivity contribution is -0.142. The molecule has 1 N–H and O–H groups in total. The summed E-state index contributed by atoms with van der Waals surface area (Å²) in [6.07, 6.45) is 0.0919. The van der Waals surface area contributed by atoms with Crippen molar-refractivity contribution >= 4 is 23.2 Å². The minimum Gasteiger partial charge on any atom is -0.481 e. The lowest BCUT2D eigenvalue weighted by atomic mass is 10.1. The van der Waals surface area contributed by atoms with E-state index < -0.39 is 11.9 Å². The number of carbonyl (C=O) groups excluding carboxylic acids is 1. The molecule has 0 fully saturated rings. The standard InChI is InChI=1S/C16H17FN2O3S/c1-10(16(21)22)8-19(2)14(20)7-13-9-23-15(18-13)11-4-3-5-12(17)6-11/h3-6,9-10H,7-8H2,1-2H3,(H,21,22). The Labute approximate surface area is 137 Å². The third kappa shape index (κ3) is 4.59. The van der Waals surface area contributed by atoms with E-state index in [1.165, 1.54) is 28.4 Å². The number of thiazole rings is 1. The number of carboxylic acid groups (broad SMARTS) is 1. The molecule has 5 nitrogen and oxygen atoms in total. The van der Waals surface area contributed by atoms with E-state index in [1.54, 1.807) is 31.5 Å². The van der Waals surface area contributed by atoms with Gasteiger partial charge in [0.05, 0.1) is 18.0 Å². The number of hydrogen-bond donors (Lipinski definition) is 1. The summed E-state index contributed by atoms with van der Waals surface area (Å²) in [6.45, 7) is 1.70. The van der Waals surface area contributed by atoms with Crippen molar-refractivity contribution < 1.29 is 19.1 Å². The molecule has 23 heavy (non-hydrogen) atoms. The van der Waals surface area contributed by atoms with Gasteiger partial charge in [-0.05, 0) is 12.1 Å². The van der Waals surface area contributed by atoms with Gasteiger partial charge in [0.1, 0.15) is 10.8 Å². The fraction of sp³-hybridized carbons (Fsp3) is 0.312. The number of rotatable bonds is 6. The molecule has 0 radical (unpaired) electrons. The predicted molar refractivity (Wildman–Crippen MR) is 85.6 cm³/mol. The van der Waals surface area contributed by atoms with Crippen LogP contribution in [-0.4, -0.2) is 40.5 Å². The number of hydrogen-bond acceptors (Lipinski definition) is 4. The van der Waals surface area contributed by atoms with Gasteiger partial charge in [-0.25, -0.2) is 9.37 Å². The fourth-order valence-corrected chi connectivity index (χ4v) is 2.84. The van der Waals surface area contributed by atoms with Gasteiger partial charge in [-0.15, -0.1) is 11.3 Å². The van der Waals surface area contributed by atoms with Gasteiger partial charge in [0.2, 0.25) is 5.91 Å². The summed E-state index contributed by atoms with van der Waals surface area (Å²) in [6, 6.07) is 6.12. The SMILES string of the molecule is CC(CN(C)C(=O)Cc1csc(-c2cccc(F)c2)n1)C(=O)O. The first-order valence-electron chi connectivity index (χ1n) is 7.04. The Morgan fingerprint density at radius 2 is 2.17 bits per heavy atom. The van der Waals surface area contributed by atoms with Crippen LogP contribution in [0.5, 0.6) is 0 Å². The number of nitrogens with zero attached hydrogens (tertiary/aromatic N) is 2. The first-order chi connectivity index (χ1) is 10.9. The summed E-state index contributed by atoms with van der Waals surface area (Å²) in [7, 11) is 1.57. The topological polar surface area (TPSA) is 70.5 Å². The Hall–Kier alpha value is -2.28. The first-order valence-corrected chi connectivity index (χ1v) is 7.92. The maximum absolute atomic E-state index is 13.2. The van der Waals surface area contributed by atoms with Gasteiger partial charge >= 0.3 is 5.97 Å². The Morgan fingerprint density at radius 3 is 2.83 bits per heavy atom. The molecule has 0 aliphatic heterocycles. The summed E-state index contributed by atoms with van der Waals surface area (Å²) >= 11 is 1.34. The van der Waals surface area contributed by atoms with Crippen LogP contribution < -0.4 is 0 Å². The molecule has 1 aromatic carbocycles. The molecule has 0 saturated carbocycles. The number of carboxylic acids is 1. The molecule has 2 rings (SSSR count). The lowest BCUT2D eigenvalue weighted by Crippen LogP contribution is -2.34. The maximum atomic E-state index is 13.2. The summed E-state index contributed by atoms with van der Waals surface area (Å²) in [5, 5.41) is 11.3. The number of carbonyl (C=O) groups is 2. The van der Waals surface area contributed by atoms with Crippen molar-refractivity contribution in [1.29, 1.82) is 0 Å². The molecule has 1 aromatic heterocycles. The van der Waals surface area contributed by atoms with Crippen molar-refractivity contribution in [1.82, 2.24) is 9.88 Å². The number of aromatic nitrogens is 1. The quantitative estimate of drug-likeness (QED) is 0.880. The smallest absolute Gasteiger partial charge is 0.308 e. The third-order valence-electron chi connectivity index (χ3n) is 3.35. The van der Waals surface area contributed by atoms with Gasteiger partial charge in [0.15, 0.2) is 0 Å². The molecule has 1 heterocycles. The number of likely N-dealkylation sites (N-methyl/N-ethyl adjacent to an activating group) is 1. The zero-order valence-corrected chi connectivity index (χ0v) is 13.6. The first kappa shape index (κ1) is 17.1. The van der Waals surface area contributed by atoms with Gasteiger partial charge < -0.3 is 10.0 Å². The van der Waals surface area contributed by atoms with Crippen LogP contribution in [0.3, 0.4) is 0 Å². The predicted octanol–water partition coefficient (Wildman–Crippen LogP) is 2.67. The third-order valence-corrected chi connectivity index (χ3v) is 4.29. The molecule has 7 heteroatoms. The largest absolute Gasteiger partial charge is 0.481 e. The Morgan fingerprint density at radius 1 is 1.43 bits per heavy atom. The highest BCUT2D eigenvalue weighted by molar-refractivity contribution is 7.13. The van der Waals surface area contributed by atoms with Crippen LogP contribution in [0.15, 0.2) is 29.6 Å². The van der Waals surface area contributed by atoms with Gasteiger partial charge in [0, 0.05) is 24.5 Å². The van der Waals surface area contributed by atoms with Crippen molar-refractivity contribution in [2.45, 2.75) is 13.3 Å². The molecule has 2 aromatic rings. The zero-order valence-electron chi connectivity index (χ0n) is 12.8. The average Bonchev–Trinajstić information content (AvgIpc) is 2.95. The van der Waals surface area contributed by atoms with Gasteiger partial charge in [0.25, 0.3) is 0 Å². The Balaban J connectivity index is 2.01. The monoisotopic (exact) mass is 336 g/mol. The van der Waals surface area contributed by atoms with Crippen LogP contribution in [0.2, 0.25) is 0 Å². The summed E-state index contributed by atoms with van der Waals surface area (Å²) in [5.41, 5.74) is 1.26. The van der Waals surface area contributed by atoms with Crippen LogP contribution >= 0.6 is 11.3 Å². The Bertz CT molecular complexity index is 717. The molecule has 0 bridgehead atoms. The van der Waals surface area contributed by atoms with E-state index in [9.17, 15) is 14.0 Å². The molecule has 1 atom stereocenters. The molecule has 0 spiro atoms. The van der Waals surface area contributed by atoms with E-state index >= 15 is 0 Å². The number of aliphatic carboxylic acids is 1. The van der Waals surface area contributed by atoms with Gasteiger partial charge in [-0.2, -0.15) is 0 Å². The molecule has 0 saturated heterocycles. The van der Waals surface area contributed by atoms with Crippen molar-refractivity contribution in [3.05, 3.63) is 41.2 Å². The van der Waals surface area contributed by atoms with Crippen molar-refractivity contribution in [2.75, 3.05) is 13.6 Å². The summed E-state index contributed by atoms with van der Waals surface area (Å²) < 4.78 is 13.2. The van der Waals surface area contributed by atoms with E-state index in [-0.39, 0.29) is 24.7 Å². The van der Waals surface area contributed by atoms with Crippen LogP contribution in [0.4, 0.5) is 4.39 Å². The normalized spacial score (nSPS) is 12.0. The number of amides is 1. The number of halogens is 1. The molecular formula is C16H17FN2O3S. The minimum atomic E-state index is -0.938. The van der Waals surface area contributed by atoms with Crippen LogP contribution in [0, 0.1) is 11.7 Å². The van der Waals surface area contributed by atoms with Crippen LogP contribution in [0.25, 0.3) is 10.6 Å². The molecule has 0 aliphatic carbocycles. The average molecular weight is 336 g/mol. The molecule has 1 amide bonds. The van der Waals surface area contributed by atoms with Crippen molar-refractivity contribution in [3.8, 4) is 10.6 Å². The van der Waals surface area contributed by atoms with Crippen molar-refractivity contribution in [3.63, 3.8) is 0 Å². The summed E-state index contributed by atoms with van der Waals surface area (Å²) in [4.78, 5) is 28.7. The molecular weight excluding hydrogens is 319 g/mol. The van der Waals surface area contributed by atoms with Crippen LogP contribution in [-0.2, 0) is 16.0 Å². The van der Waals surface area contributed by atoms with Crippen molar-refractivity contribution in [2.24, 2.45) is 5.92 Å². The van der Waals surface area contributed by atoms with E-state index in [4.69, 9.17) is 5.11 Å². The van der Waals surface area contributed by atoms with Gasteiger partial charge in [-0.1, -0.05) is 19.1 Å². The van der Waals surface area contributed by atoms with Gasteiger partial charge in [-0.3, -0.25) is 9.59 Å². The minimum absolute atomic E-state index is 0.0919. The Kier molecular flexibility index (Phi) is 5.44. The second kappa shape index (κ2) is 7.32. The highest BCUT2D eigenvalue weighted by Crippen LogP contribution is 2.24. The van der Waals surface area contributed by atoms with E-state index in [2.05, 4.69) is 4.98 Å². The number of benzene rings is 1. The molecule has 0 aliphatic rings. The van der Waals surface area contributed by atoms with E-state index in [0.717, 1.165) is 0 Å². The fourth-order valence-electron chi connectivity index (χ4n) is 2.02. The lowest BCUT2D eigenvalue weighted by Gasteiger charge is -2.18. The summed E-state index contributed by atoms with van der Waals surface area (Å²) in [5.74, 6) is -2.10. The second-order valence-corrected chi connectivity index (χ2v) is 6.20. The zero-order chi connectivity index (χ0) is 17.0.